The molecule has 1 heterocycles. The highest BCUT2D eigenvalue weighted by Gasteiger charge is 2.67. The Hall–Kier alpha value is -2.67. The highest BCUT2D eigenvalue weighted by atomic mass is 79.9. The van der Waals surface area contributed by atoms with Gasteiger partial charge >= 0.3 is 5.97 Å². The molecule has 6 atom stereocenters. The number of nitrogens with one attached hydrogen (secondary N) is 2. The molecule has 2 bridgehead atoms. The van der Waals surface area contributed by atoms with Crippen LogP contribution in [0.25, 0.3) is 0 Å². The van der Waals surface area contributed by atoms with Crippen molar-refractivity contribution < 1.29 is 19.1 Å². The number of anilines is 2. The SMILES string of the molecule is Cc1ccc(NC(=O)c2cccc(NC(=O)[C@@H]3[C@H]4C[C@H]5[C@H](OC(=O)[C@H]53)[C@H]4Br)c2)cc1C. The fourth-order valence-corrected chi connectivity index (χ4v) is 6.36. The van der Waals surface area contributed by atoms with E-state index in [0.29, 0.717) is 11.3 Å². The van der Waals surface area contributed by atoms with Crippen LogP contribution in [0.1, 0.15) is 27.9 Å². The summed E-state index contributed by atoms with van der Waals surface area (Å²) in [7, 11) is 0. The summed E-state index contributed by atoms with van der Waals surface area (Å²) in [5, 5.41) is 5.82. The summed E-state index contributed by atoms with van der Waals surface area (Å²) >= 11 is 3.63. The molecule has 2 N–H and O–H groups in total. The van der Waals surface area contributed by atoms with Crippen LogP contribution in [0.15, 0.2) is 42.5 Å². The Morgan fingerprint density at radius 2 is 1.77 bits per heavy atom. The van der Waals surface area contributed by atoms with E-state index in [1.807, 2.05) is 32.0 Å². The summed E-state index contributed by atoms with van der Waals surface area (Å²) in [5.74, 6) is -1.27. The first kappa shape index (κ1) is 20.2. The normalized spacial score (nSPS) is 30.2. The van der Waals surface area contributed by atoms with Crippen LogP contribution in [0.5, 0.6) is 0 Å². The van der Waals surface area contributed by atoms with E-state index in [1.165, 1.54) is 0 Å². The van der Waals surface area contributed by atoms with Crippen molar-refractivity contribution in [2.75, 3.05) is 10.6 Å². The molecule has 0 aromatic heterocycles. The first-order valence-corrected chi connectivity index (χ1v) is 11.4. The van der Waals surface area contributed by atoms with E-state index in [0.717, 1.165) is 23.2 Å². The smallest absolute Gasteiger partial charge is 0.310 e. The second-order valence-electron chi connectivity index (χ2n) is 8.78. The molecule has 0 spiro atoms. The largest absolute Gasteiger partial charge is 0.461 e. The van der Waals surface area contributed by atoms with Crippen molar-refractivity contribution in [3.63, 3.8) is 0 Å². The summed E-state index contributed by atoms with van der Waals surface area (Å²) in [6.45, 7) is 4.02. The maximum Gasteiger partial charge on any atom is 0.310 e. The van der Waals surface area contributed by atoms with Crippen LogP contribution in [0, 0.1) is 37.5 Å². The van der Waals surface area contributed by atoms with E-state index in [4.69, 9.17) is 4.74 Å². The van der Waals surface area contributed by atoms with Gasteiger partial charge in [0.1, 0.15) is 6.10 Å². The van der Waals surface area contributed by atoms with Gasteiger partial charge in [0.2, 0.25) is 5.91 Å². The lowest BCUT2D eigenvalue weighted by Gasteiger charge is -2.27. The van der Waals surface area contributed by atoms with Gasteiger partial charge in [-0.25, -0.2) is 0 Å². The van der Waals surface area contributed by atoms with Crippen molar-refractivity contribution in [3.8, 4) is 0 Å². The highest BCUT2D eigenvalue weighted by molar-refractivity contribution is 9.09. The average molecular weight is 483 g/mol. The lowest BCUT2D eigenvalue weighted by molar-refractivity contribution is -0.145. The molecule has 0 unspecified atom stereocenters. The third kappa shape index (κ3) is 3.35. The van der Waals surface area contributed by atoms with Crippen molar-refractivity contribution in [1.82, 2.24) is 0 Å². The maximum absolute atomic E-state index is 13.1. The zero-order valence-electron chi connectivity index (χ0n) is 17.2. The van der Waals surface area contributed by atoms with E-state index in [9.17, 15) is 14.4 Å². The minimum atomic E-state index is -0.409. The summed E-state index contributed by atoms with van der Waals surface area (Å²) < 4.78 is 5.49. The number of halogens is 1. The standard InChI is InChI=1S/C24H23BrN2O4/c1-11-6-7-15(8-12(11)2)26-22(28)13-4-3-5-14(9-13)27-23(29)18-16-10-17-19(18)24(30)31-21(17)20(16)25/h3-9,16-21H,10H2,1-2H3,(H,26,28)(H,27,29)/t16-,17-,18-,19-,20+,21+/m1/s1. The molecule has 3 aliphatic rings. The Balaban J connectivity index is 1.30. The number of rotatable bonds is 4. The van der Waals surface area contributed by atoms with Crippen molar-refractivity contribution >= 4 is 45.1 Å². The van der Waals surface area contributed by atoms with Crippen LogP contribution in [-0.4, -0.2) is 28.7 Å². The topological polar surface area (TPSA) is 84.5 Å². The van der Waals surface area contributed by atoms with E-state index in [-0.39, 0.29) is 46.5 Å². The zero-order chi connectivity index (χ0) is 21.9. The quantitative estimate of drug-likeness (QED) is 0.508. The zero-order valence-corrected chi connectivity index (χ0v) is 18.8. The van der Waals surface area contributed by atoms with E-state index >= 15 is 0 Å². The monoisotopic (exact) mass is 482 g/mol. The number of benzene rings is 2. The lowest BCUT2D eigenvalue weighted by atomic mass is 9.79. The molecule has 2 aromatic rings. The van der Waals surface area contributed by atoms with Crippen LogP contribution in [0.4, 0.5) is 11.4 Å². The third-order valence-electron chi connectivity index (χ3n) is 6.98. The van der Waals surface area contributed by atoms with Crippen LogP contribution >= 0.6 is 15.9 Å². The summed E-state index contributed by atoms with van der Waals surface area (Å²) in [6.07, 6.45) is 0.719. The molecule has 31 heavy (non-hydrogen) atoms. The average Bonchev–Trinajstić information content (AvgIpc) is 3.35. The van der Waals surface area contributed by atoms with E-state index in [1.54, 1.807) is 24.3 Å². The third-order valence-corrected chi connectivity index (χ3v) is 8.18. The molecule has 1 aliphatic heterocycles. The number of hydrogen-bond acceptors (Lipinski definition) is 4. The van der Waals surface area contributed by atoms with Gasteiger partial charge in [-0.1, -0.05) is 28.1 Å². The summed E-state index contributed by atoms with van der Waals surface area (Å²) in [6, 6.07) is 12.6. The Labute approximate surface area is 188 Å². The predicted octanol–water partition coefficient (Wildman–Crippen LogP) is 4.07. The fourth-order valence-electron chi connectivity index (χ4n) is 5.32. The Morgan fingerprint density at radius 3 is 2.55 bits per heavy atom. The molecule has 6 nitrogen and oxygen atoms in total. The van der Waals surface area contributed by atoms with Gasteiger partial charge in [0.25, 0.3) is 5.91 Å². The Kier molecular flexibility index (Phi) is 4.88. The van der Waals surface area contributed by atoms with Crippen molar-refractivity contribution in [2.45, 2.75) is 31.2 Å². The number of ether oxygens (including phenoxy) is 1. The van der Waals surface area contributed by atoms with Gasteiger partial charge in [0.05, 0.1) is 16.7 Å². The number of hydrogen-bond donors (Lipinski definition) is 2. The number of esters is 1. The lowest BCUT2D eigenvalue weighted by Crippen LogP contribution is -2.40. The van der Waals surface area contributed by atoms with Crippen LogP contribution < -0.4 is 10.6 Å². The molecule has 2 amide bonds. The molecule has 1 saturated heterocycles. The minimum Gasteiger partial charge on any atom is -0.461 e. The minimum absolute atomic E-state index is 0.0195. The second-order valence-corrected chi connectivity index (χ2v) is 9.84. The molecule has 5 rings (SSSR count). The van der Waals surface area contributed by atoms with Gasteiger partial charge in [-0.05, 0) is 67.6 Å². The molecular formula is C24H23BrN2O4. The summed E-state index contributed by atoms with van der Waals surface area (Å²) in [4.78, 5) is 38.1. The van der Waals surface area contributed by atoms with E-state index in [2.05, 4.69) is 26.6 Å². The van der Waals surface area contributed by atoms with Crippen molar-refractivity contribution in [2.24, 2.45) is 23.7 Å². The predicted molar refractivity (Wildman–Crippen MR) is 120 cm³/mol. The number of alkyl halides is 1. The molecule has 7 heteroatoms. The molecular weight excluding hydrogens is 460 g/mol. The number of carbonyl (C=O) groups excluding carboxylic acids is 3. The van der Waals surface area contributed by atoms with Crippen molar-refractivity contribution in [1.29, 1.82) is 0 Å². The first-order valence-electron chi connectivity index (χ1n) is 10.5. The first-order chi connectivity index (χ1) is 14.8. The molecule has 160 valence electrons. The second kappa shape index (κ2) is 7.48. The Morgan fingerprint density at radius 1 is 1.00 bits per heavy atom. The Bertz CT molecular complexity index is 1100. The number of amides is 2. The van der Waals surface area contributed by atoms with Gasteiger partial charge in [0, 0.05) is 22.9 Å². The molecule has 0 radical (unpaired) electrons. The van der Waals surface area contributed by atoms with Gasteiger partial charge < -0.3 is 15.4 Å². The van der Waals surface area contributed by atoms with Gasteiger partial charge in [-0.2, -0.15) is 0 Å². The van der Waals surface area contributed by atoms with Crippen molar-refractivity contribution in [3.05, 3.63) is 59.2 Å². The van der Waals surface area contributed by atoms with Gasteiger partial charge in [0.15, 0.2) is 0 Å². The maximum atomic E-state index is 13.1. The molecule has 2 aromatic carbocycles. The van der Waals surface area contributed by atoms with Crippen LogP contribution in [0.3, 0.4) is 0 Å². The van der Waals surface area contributed by atoms with Gasteiger partial charge in [-0.15, -0.1) is 0 Å². The number of aryl methyl sites for hydroxylation is 2. The van der Waals surface area contributed by atoms with Gasteiger partial charge in [-0.3, -0.25) is 14.4 Å². The molecule has 2 saturated carbocycles. The molecule has 3 fully saturated rings. The van der Waals surface area contributed by atoms with Crippen LogP contribution in [-0.2, 0) is 14.3 Å². The van der Waals surface area contributed by atoms with E-state index < -0.39 is 5.92 Å². The fraction of sp³-hybridized carbons (Fsp3) is 0.375. The summed E-state index contributed by atoms with van der Waals surface area (Å²) in [5.41, 5.74) is 3.97. The molecule has 2 aliphatic carbocycles. The number of carbonyl (C=O) groups is 3. The van der Waals surface area contributed by atoms with Crippen LogP contribution in [0.2, 0.25) is 0 Å². The number of fused-ring (bicyclic) bond motifs is 1. The highest BCUT2D eigenvalue weighted by Crippen LogP contribution is 2.60.